The van der Waals surface area contributed by atoms with E-state index in [1.807, 2.05) is 11.3 Å². The van der Waals surface area contributed by atoms with Crippen LogP contribution >= 0.6 is 27.3 Å². The van der Waals surface area contributed by atoms with E-state index in [1.165, 1.54) is 36.7 Å². The number of thiophene rings is 1. The minimum atomic E-state index is 0.648. The van der Waals surface area contributed by atoms with Crippen LogP contribution in [0.25, 0.3) is 0 Å². The fraction of sp³-hybridized carbons (Fsp3) is 0.714. The van der Waals surface area contributed by atoms with Crippen molar-refractivity contribution in [3.05, 3.63) is 20.8 Å². The molecule has 1 N–H and O–H groups in total. The van der Waals surface area contributed by atoms with E-state index in [-0.39, 0.29) is 0 Å². The van der Waals surface area contributed by atoms with E-state index >= 15 is 0 Å². The number of hydrogen-bond acceptors (Lipinski definition) is 3. The summed E-state index contributed by atoms with van der Waals surface area (Å²) in [6, 6.07) is 3.85. The van der Waals surface area contributed by atoms with Crippen LogP contribution in [0.3, 0.4) is 0 Å². The molecule has 1 saturated carbocycles. The standard InChI is InChI=1S/C14H21BrN2S/c1-16-8-10-3-2-6-17(12-4-5-12)14(10)13-7-11(15)9-18-13/h7,9-10,12,14,16H,2-6,8H2,1H3. The molecule has 1 saturated heterocycles. The summed E-state index contributed by atoms with van der Waals surface area (Å²) in [5, 5.41) is 5.62. The molecule has 2 atom stereocenters. The molecule has 2 heterocycles. The highest BCUT2D eigenvalue weighted by atomic mass is 79.9. The highest BCUT2D eigenvalue weighted by Gasteiger charge is 2.40. The molecule has 2 aliphatic rings. The zero-order valence-electron chi connectivity index (χ0n) is 10.9. The largest absolute Gasteiger partial charge is 0.319 e. The maximum atomic E-state index is 3.61. The third-order valence-electron chi connectivity index (χ3n) is 4.16. The minimum Gasteiger partial charge on any atom is -0.319 e. The molecule has 2 unspecified atom stereocenters. The first-order valence-electron chi connectivity index (χ1n) is 6.94. The summed E-state index contributed by atoms with van der Waals surface area (Å²) in [7, 11) is 2.08. The highest BCUT2D eigenvalue weighted by molar-refractivity contribution is 9.10. The molecule has 0 aromatic carbocycles. The van der Waals surface area contributed by atoms with Gasteiger partial charge in [0.2, 0.25) is 0 Å². The fourth-order valence-electron chi connectivity index (χ4n) is 3.27. The van der Waals surface area contributed by atoms with Gasteiger partial charge < -0.3 is 5.32 Å². The van der Waals surface area contributed by atoms with Crippen LogP contribution in [0, 0.1) is 5.92 Å². The van der Waals surface area contributed by atoms with Crippen molar-refractivity contribution >= 4 is 27.3 Å². The third-order valence-corrected chi connectivity index (χ3v) is 5.92. The van der Waals surface area contributed by atoms with Gasteiger partial charge in [-0.2, -0.15) is 0 Å². The van der Waals surface area contributed by atoms with Gasteiger partial charge in [-0.3, -0.25) is 4.90 Å². The van der Waals surface area contributed by atoms with Crippen molar-refractivity contribution in [2.75, 3.05) is 20.1 Å². The molecule has 4 heteroatoms. The number of nitrogens with one attached hydrogen (secondary N) is 1. The second-order valence-corrected chi connectivity index (χ2v) is 7.40. The lowest BCUT2D eigenvalue weighted by Gasteiger charge is -2.41. The Hall–Kier alpha value is 0.1000. The van der Waals surface area contributed by atoms with E-state index in [2.05, 4.69) is 44.6 Å². The molecule has 1 aromatic heterocycles. The van der Waals surface area contributed by atoms with Gasteiger partial charge in [-0.25, -0.2) is 0 Å². The van der Waals surface area contributed by atoms with Gasteiger partial charge in [-0.15, -0.1) is 11.3 Å². The van der Waals surface area contributed by atoms with Crippen molar-refractivity contribution in [1.82, 2.24) is 10.2 Å². The number of halogens is 1. The molecule has 18 heavy (non-hydrogen) atoms. The summed E-state index contributed by atoms with van der Waals surface area (Å²) >= 11 is 5.52. The molecule has 0 bridgehead atoms. The molecular formula is C14H21BrN2S. The Morgan fingerprint density at radius 1 is 1.44 bits per heavy atom. The van der Waals surface area contributed by atoms with Gasteiger partial charge in [0, 0.05) is 26.8 Å². The molecule has 1 aliphatic heterocycles. The van der Waals surface area contributed by atoms with Gasteiger partial charge in [0.05, 0.1) is 0 Å². The van der Waals surface area contributed by atoms with Crippen LogP contribution in [-0.2, 0) is 0 Å². The number of piperidine rings is 1. The lowest BCUT2D eigenvalue weighted by molar-refractivity contribution is 0.0869. The maximum absolute atomic E-state index is 3.61. The average Bonchev–Trinajstić information content (AvgIpc) is 3.12. The van der Waals surface area contributed by atoms with Crippen LogP contribution in [-0.4, -0.2) is 31.1 Å². The Morgan fingerprint density at radius 2 is 2.28 bits per heavy atom. The smallest absolute Gasteiger partial charge is 0.0485 e. The van der Waals surface area contributed by atoms with E-state index in [0.29, 0.717) is 6.04 Å². The monoisotopic (exact) mass is 328 g/mol. The van der Waals surface area contributed by atoms with Crippen LogP contribution in [0.4, 0.5) is 0 Å². The van der Waals surface area contributed by atoms with E-state index in [9.17, 15) is 0 Å². The molecule has 1 aromatic rings. The first-order valence-corrected chi connectivity index (χ1v) is 8.61. The lowest BCUT2D eigenvalue weighted by atomic mass is 9.87. The van der Waals surface area contributed by atoms with Crippen molar-refractivity contribution in [3.63, 3.8) is 0 Å². The number of likely N-dealkylation sites (tertiary alicyclic amines) is 1. The zero-order chi connectivity index (χ0) is 12.5. The SMILES string of the molecule is CNCC1CCCN(C2CC2)C1c1cc(Br)cs1. The summed E-state index contributed by atoms with van der Waals surface area (Å²) in [6.45, 7) is 2.44. The Kier molecular flexibility index (Phi) is 4.09. The Labute approximate surface area is 122 Å². The van der Waals surface area contributed by atoms with Gasteiger partial charge >= 0.3 is 0 Å². The van der Waals surface area contributed by atoms with Crippen molar-refractivity contribution in [3.8, 4) is 0 Å². The summed E-state index contributed by atoms with van der Waals surface area (Å²) in [5.74, 6) is 0.773. The second kappa shape index (κ2) is 5.61. The lowest BCUT2D eigenvalue weighted by Crippen LogP contribution is -2.42. The van der Waals surface area contributed by atoms with Gasteiger partial charge in [-0.05, 0) is 73.7 Å². The quantitative estimate of drug-likeness (QED) is 0.907. The van der Waals surface area contributed by atoms with Crippen LogP contribution in [0.15, 0.2) is 15.9 Å². The summed E-state index contributed by atoms with van der Waals surface area (Å²) in [5.41, 5.74) is 0. The Morgan fingerprint density at radius 3 is 2.89 bits per heavy atom. The third kappa shape index (κ3) is 2.67. The summed E-state index contributed by atoms with van der Waals surface area (Å²) in [4.78, 5) is 4.33. The van der Waals surface area contributed by atoms with Crippen LogP contribution < -0.4 is 5.32 Å². The average molecular weight is 329 g/mol. The van der Waals surface area contributed by atoms with Crippen molar-refractivity contribution in [2.24, 2.45) is 5.92 Å². The predicted octanol–water partition coefficient (Wildman–Crippen LogP) is 3.65. The highest BCUT2D eigenvalue weighted by Crippen LogP contribution is 2.44. The van der Waals surface area contributed by atoms with Crippen molar-refractivity contribution < 1.29 is 0 Å². The molecule has 100 valence electrons. The molecule has 3 rings (SSSR count). The first kappa shape index (κ1) is 13.1. The molecule has 0 spiro atoms. The number of hydrogen-bond donors (Lipinski definition) is 1. The Balaban J connectivity index is 1.85. The maximum Gasteiger partial charge on any atom is 0.0485 e. The summed E-state index contributed by atoms with van der Waals surface area (Å²) in [6.07, 6.45) is 5.56. The van der Waals surface area contributed by atoms with Gasteiger partial charge in [0.25, 0.3) is 0 Å². The van der Waals surface area contributed by atoms with E-state index in [4.69, 9.17) is 0 Å². The molecule has 0 radical (unpaired) electrons. The van der Waals surface area contributed by atoms with Crippen molar-refractivity contribution in [1.29, 1.82) is 0 Å². The molecule has 2 nitrogen and oxygen atoms in total. The minimum absolute atomic E-state index is 0.648. The number of nitrogens with zero attached hydrogens (tertiary/aromatic N) is 1. The Bertz CT molecular complexity index is 400. The summed E-state index contributed by atoms with van der Waals surface area (Å²) < 4.78 is 1.24. The van der Waals surface area contributed by atoms with Crippen molar-refractivity contribution in [2.45, 2.75) is 37.8 Å². The zero-order valence-corrected chi connectivity index (χ0v) is 13.3. The van der Waals surface area contributed by atoms with Crippen LogP contribution in [0.2, 0.25) is 0 Å². The van der Waals surface area contributed by atoms with Gasteiger partial charge in [0.1, 0.15) is 0 Å². The van der Waals surface area contributed by atoms with Gasteiger partial charge in [-0.1, -0.05) is 0 Å². The molecular weight excluding hydrogens is 308 g/mol. The molecule has 2 fully saturated rings. The first-order chi connectivity index (χ1) is 8.79. The number of rotatable bonds is 4. The molecule has 0 amide bonds. The van der Waals surface area contributed by atoms with Gasteiger partial charge in [0.15, 0.2) is 0 Å². The predicted molar refractivity (Wildman–Crippen MR) is 81.1 cm³/mol. The van der Waals surface area contributed by atoms with E-state index in [1.54, 1.807) is 4.88 Å². The fourth-order valence-corrected chi connectivity index (χ4v) is 4.93. The topological polar surface area (TPSA) is 15.3 Å². The molecule has 1 aliphatic carbocycles. The normalized spacial score (nSPS) is 29.7. The van der Waals surface area contributed by atoms with E-state index < -0.39 is 0 Å². The van der Waals surface area contributed by atoms with Crippen LogP contribution in [0.1, 0.15) is 36.6 Å². The van der Waals surface area contributed by atoms with Crippen LogP contribution in [0.5, 0.6) is 0 Å². The van der Waals surface area contributed by atoms with E-state index in [0.717, 1.165) is 18.5 Å². The second-order valence-electron chi connectivity index (χ2n) is 5.54.